The molecule has 0 unspecified atom stereocenters. The molecule has 1 amide bonds. The van der Waals surface area contributed by atoms with Crippen molar-refractivity contribution in [3.8, 4) is 0 Å². The van der Waals surface area contributed by atoms with E-state index in [9.17, 15) is 19.2 Å². The summed E-state index contributed by atoms with van der Waals surface area (Å²) in [5, 5.41) is 32.2. The van der Waals surface area contributed by atoms with E-state index in [0.717, 1.165) is 11.3 Å². The minimum absolute atomic E-state index is 0.0524. The molecule has 0 spiro atoms. The van der Waals surface area contributed by atoms with Crippen LogP contribution in [0.5, 0.6) is 0 Å². The average Bonchev–Trinajstić information content (AvgIpc) is 3.41. The number of aliphatic hydroxyl groups is 1. The van der Waals surface area contributed by atoms with Gasteiger partial charge in [0.1, 0.15) is 17.7 Å². The molecular formula is C31H36N11O7S+. The molecule has 0 bridgehead atoms. The van der Waals surface area contributed by atoms with E-state index in [1.165, 1.54) is 23.2 Å². The van der Waals surface area contributed by atoms with Gasteiger partial charge in [-0.05, 0) is 37.6 Å². The lowest BCUT2D eigenvalue weighted by Gasteiger charge is -2.14. The maximum Gasteiger partial charge on any atom is 0.326 e. The average molecular weight is 707 g/mol. The van der Waals surface area contributed by atoms with Crippen LogP contribution in [0.15, 0.2) is 47.0 Å². The molecule has 5 rings (SSSR count). The van der Waals surface area contributed by atoms with E-state index < -0.39 is 29.4 Å². The van der Waals surface area contributed by atoms with E-state index >= 15 is 0 Å². The van der Waals surface area contributed by atoms with Crippen LogP contribution in [0, 0.1) is 13.8 Å². The fourth-order valence-corrected chi connectivity index (χ4v) is 5.51. The number of hydrogen-bond donors (Lipinski definition) is 8. The number of H-pyrrole nitrogens is 1. The van der Waals surface area contributed by atoms with Gasteiger partial charge in [0.15, 0.2) is 23.4 Å². The lowest BCUT2D eigenvalue weighted by Crippen LogP contribution is -2.41. The van der Waals surface area contributed by atoms with Crippen LogP contribution in [0.25, 0.3) is 11.2 Å². The predicted octanol–water partition coefficient (Wildman–Crippen LogP) is 0.563. The number of nitrogens with two attached hydrogens (primary N) is 2. The number of thiazole rings is 1. The maximum atomic E-state index is 12.3. The second kappa shape index (κ2) is 16.8. The molecule has 1 aromatic carbocycles. The highest BCUT2D eigenvalue weighted by Gasteiger charge is 2.22. The number of nitrogens with zero attached hydrogens (tertiary/aromatic N) is 6. The van der Waals surface area contributed by atoms with Crippen molar-refractivity contribution < 1.29 is 34.3 Å². The topological polar surface area (TPSA) is 289 Å². The molecule has 4 heterocycles. The van der Waals surface area contributed by atoms with Crippen LogP contribution in [-0.4, -0.2) is 75.7 Å². The van der Waals surface area contributed by atoms with Gasteiger partial charge >= 0.3 is 17.5 Å². The normalized spacial score (nSPS) is 11.3. The number of amides is 1. The predicted molar refractivity (Wildman–Crippen MR) is 182 cm³/mol. The Hall–Kier alpha value is -6.08. The summed E-state index contributed by atoms with van der Waals surface area (Å²) in [7, 11) is 0. The van der Waals surface area contributed by atoms with Crippen molar-refractivity contribution in [3.05, 3.63) is 85.7 Å². The minimum atomic E-state index is -1.31. The van der Waals surface area contributed by atoms with Gasteiger partial charge < -0.3 is 42.4 Å². The van der Waals surface area contributed by atoms with E-state index in [1.54, 1.807) is 29.7 Å². The van der Waals surface area contributed by atoms with Crippen molar-refractivity contribution in [2.45, 2.75) is 52.2 Å². The number of nitrogen functional groups attached to an aromatic ring is 2. The number of aryl methyl sites for hydroxylation is 1. The van der Waals surface area contributed by atoms with Crippen LogP contribution < -0.4 is 32.2 Å². The number of aliphatic carboxylic acids is 2. The van der Waals surface area contributed by atoms with Gasteiger partial charge in [-0.25, -0.2) is 24.7 Å². The fraction of sp³-hybridized carbons (Fsp3) is 0.290. The third kappa shape index (κ3) is 9.97. The number of carbonyl (C=O) groups excluding carboxylic acids is 1. The van der Waals surface area contributed by atoms with Gasteiger partial charge in [0.25, 0.3) is 5.91 Å². The SMILES string of the molecule is Cc1ncc(C[n+]2csc(CCO)c2C)c(N)n1.Nc1nc(=O)c2nc(CNc3ccc(C(=O)N[C@@H](CCC(=O)O)C(=O)O)cc3)cnc2[nH]1. The molecule has 10 N–H and O–H groups in total. The number of aromatic nitrogens is 7. The van der Waals surface area contributed by atoms with Crippen LogP contribution in [-0.2, 0) is 29.1 Å². The first kappa shape index (κ1) is 36.8. The molecule has 0 aliphatic carbocycles. The summed E-state index contributed by atoms with van der Waals surface area (Å²) in [6.45, 7) is 4.95. The third-order valence-electron chi connectivity index (χ3n) is 7.22. The highest BCUT2D eigenvalue weighted by Crippen LogP contribution is 2.14. The van der Waals surface area contributed by atoms with Crippen molar-refractivity contribution in [2.75, 3.05) is 23.4 Å². The Morgan fingerprint density at radius 3 is 2.44 bits per heavy atom. The molecule has 18 nitrogen and oxygen atoms in total. The van der Waals surface area contributed by atoms with Crippen LogP contribution in [0.1, 0.15) is 50.9 Å². The molecule has 0 fully saturated rings. The Kier molecular flexibility index (Phi) is 12.4. The second-order valence-electron chi connectivity index (χ2n) is 10.9. The molecule has 0 aliphatic rings. The maximum absolute atomic E-state index is 12.3. The van der Waals surface area contributed by atoms with E-state index in [-0.39, 0.29) is 48.7 Å². The van der Waals surface area contributed by atoms with Crippen LogP contribution in [0.2, 0.25) is 0 Å². The van der Waals surface area contributed by atoms with Gasteiger partial charge in [0.2, 0.25) is 11.5 Å². The Morgan fingerprint density at radius 1 is 1.04 bits per heavy atom. The van der Waals surface area contributed by atoms with Gasteiger partial charge in [-0.1, -0.05) is 11.3 Å². The van der Waals surface area contributed by atoms with Crippen molar-refractivity contribution in [1.82, 2.24) is 35.2 Å². The summed E-state index contributed by atoms with van der Waals surface area (Å²) in [4.78, 5) is 70.1. The standard InChI is InChI=1S/C19H19N7O6.C12H17N4OS/c20-19-25-15-14(17(30)26-19)23-11(8-22-15)7-21-10-3-1-9(2-4-10)16(29)24-12(18(31)32)5-6-13(27)28;1-8-11(3-4-17)18-7-16(8)6-10-5-14-9(2)15-12(10)13/h1-4,8,12,21H,5-7H2,(H,24,29)(H,27,28)(H,31,32)(H3,20,22,25,26,30);5,7,17H,3-4,6H2,1-2H3,(H2,13,14,15)/q;+1/t12-;/m0./s1. The Morgan fingerprint density at radius 2 is 1.78 bits per heavy atom. The number of fused-ring (bicyclic) bond motifs is 1. The molecule has 5 aromatic rings. The lowest BCUT2D eigenvalue weighted by molar-refractivity contribution is -0.689. The zero-order valence-corrected chi connectivity index (χ0v) is 27.9. The first-order chi connectivity index (χ1) is 23.8. The van der Waals surface area contributed by atoms with E-state index in [2.05, 4.69) is 45.1 Å². The number of nitrogens with one attached hydrogen (secondary N) is 3. The number of carbonyl (C=O) groups is 3. The Bertz CT molecular complexity index is 2050. The van der Waals surface area contributed by atoms with Gasteiger partial charge in [0.05, 0.1) is 28.9 Å². The fourth-order valence-electron chi connectivity index (χ4n) is 4.53. The Balaban J connectivity index is 0.000000263. The molecule has 0 saturated carbocycles. The number of anilines is 3. The highest BCUT2D eigenvalue weighted by atomic mass is 32.1. The lowest BCUT2D eigenvalue weighted by atomic mass is 10.1. The van der Waals surface area contributed by atoms with E-state index in [1.807, 2.05) is 19.4 Å². The molecule has 262 valence electrons. The van der Waals surface area contributed by atoms with E-state index in [0.29, 0.717) is 36.0 Å². The van der Waals surface area contributed by atoms with Gasteiger partial charge in [-0.3, -0.25) is 14.4 Å². The van der Waals surface area contributed by atoms with Gasteiger partial charge in [-0.2, -0.15) is 9.55 Å². The van der Waals surface area contributed by atoms with Crippen molar-refractivity contribution >= 4 is 57.8 Å². The molecule has 0 aliphatic heterocycles. The first-order valence-corrected chi connectivity index (χ1v) is 16.0. The largest absolute Gasteiger partial charge is 0.481 e. The summed E-state index contributed by atoms with van der Waals surface area (Å²) in [5.74, 6) is -1.94. The van der Waals surface area contributed by atoms with Crippen molar-refractivity contribution in [2.24, 2.45) is 0 Å². The summed E-state index contributed by atoms with van der Waals surface area (Å²) < 4.78 is 2.11. The minimum Gasteiger partial charge on any atom is -0.481 e. The molecular weight excluding hydrogens is 670 g/mol. The molecule has 0 radical (unpaired) electrons. The van der Waals surface area contributed by atoms with Crippen LogP contribution in [0.4, 0.5) is 17.5 Å². The number of rotatable bonds is 13. The van der Waals surface area contributed by atoms with Crippen LogP contribution in [0.3, 0.4) is 0 Å². The zero-order chi connectivity index (χ0) is 36.4. The summed E-state index contributed by atoms with van der Waals surface area (Å²) in [5.41, 5.74) is 16.5. The molecule has 19 heteroatoms. The monoisotopic (exact) mass is 706 g/mol. The number of carboxylic acid groups (broad SMARTS) is 2. The second-order valence-corrected chi connectivity index (χ2v) is 11.8. The number of carboxylic acids is 2. The van der Waals surface area contributed by atoms with Gasteiger partial charge in [-0.15, -0.1) is 0 Å². The summed E-state index contributed by atoms with van der Waals surface area (Å²) in [6, 6.07) is 4.86. The number of hydrogen-bond acceptors (Lipinski definition) is 14. The van der Waals surface area contributed by atoms with Crippen LogP contribution >= 0.6 is 11.3 Å². The Labute approximate surface area is 288 Å². The number of aliphatic hydroxyl groups excluding tert-OH is 1. The van der Waals surface area contributed by atoms with E-state index in [4.69, 9.17) is 26.8 Å². The van der Waals surface area contributed by atoms with Crippen molar-refractivity contribution in [1.29, 1.82) is 0 Å². The first-order valence-electron chi connectivity index (χ1n) is 15.1. The molecule has 4 aromatic heterocycles. The smallest absolute Gasteiger partial charge is 0.326 e. The molecule has 1 atom stereocenters. The van der Waals surface area contributed by atoms with Gasteiger partial charge in [0, 0.05) is 43.8 Å². The summed E-state index contributed by atoms with van der Waals surface area (Å²) in [6.07, 6.45) is 3.33. The van der Waals surface area contributed by atoms with Crippen molar-refractivity contribution in [3.63, 3.8) is 0 Å². The number of aromatic amines is 1. The number of benzene rings is 1. The molecule has 0 saturated heterocycles. The zero-order valence-electron chi connectivity index (χ0n) is 27.1. The summed E-state index contributed by atoms with van der Waals surface area (Å²) >= 11 is 1.65. The highest BCUT2D eigenvalue weighted by molar-refractivity contribution is 7.09. The third-order valence-corrected chi connectivity index (χ3v) is 8.36. The molecule has 50 heavy (non-hydrogen) atoms. The quantitative estimate of drug-likeness (QED) is 0.0776.